The lowest BCUT2D eigenvalue weighted by Gasteiger charge is -2.26. The molecule has 0 aliphatic carbocycles. The van der Waals surface area contributed by atoms with Crippen molar-refractivity contribution in [1.82, 2.24) is 4.90 Å². The van der Waals surface area contributed by atoms with Gasteiger partial charge in [0.25, 0.3) is 0 Å². The Labute approximate surface area is 137 Å². The Morgan fingerprint density at radius 2 is 2.00 bits per heavy atom. The second kappa shape index (κ2) is 8.04. The molecule has 0 aromatic heterocycles. The van der Waals surface area contributed by atoms with Gasteiger partial charge >= 0.3 is 12.1 Å². The largest absolute Gasteiger partial charge is 0.493 e. The van der Waals surface area contributed by atoms with Crippen molar-refractivity contribution in [3.05, 3.63) is 24.0 Å². The van der Waals surface area contributed by atoms with Crippen LogP contribution in [0.25, 0.3) is 0 Å². The van der Waals surface area contributed by atoms with Crippen molar-refractivity contribution in [2.75, 3.05) is 6.54 Å². The third kappa shape index (κ3) is 5.96. The topological polar surface area (TPSA) is 76.1 Å². The summed E-state index contributed by atoms with van der Waals surface area (Å²) in [6.07, 6.45) is 5.60. The number of likely N-dealkylation sites (tertiary alicyclic amines) is 1. The van der Waals surface area contributed by atoms with Gasteiger partial charge in [-0.05, 0) is 33.8 Å². The number of nitrogens with zero attached hydrogens (tertiary/aromatic N) is 1. The van der Waals surface area contributed by atoms with E-state index in [1.807, 2.05) is 32.1 Å². The molecular weight excluding hydrogens is 298 g/mol. The van der Waals surface area contributed by atoms with Gasteiger partial charge in [0, 0.05) is 12.8 Å². The first-order valence-electron chi connectivity index (χ1n) is 7.88. The van der Waals surface area contributed by atoms with Crippen LogP contribution >= 0.6 is 0 Å². The third-order valence-corrected chi connectivity index (χ3v) is 3.32. The predicted molar refractivity (Wildman–Crippen MR) is 87.0 cm³/mol. The fourth-order valence-electron chi connectivity index (χ4n) is 2.30. The van der Waals surface area contributed by atoms with Crippen LogP contribution in [0.15, 0.2) is 24.0 Å². The average Bonchev–Trinajstić information content (AvgIpc) is 2.85. The summed E-state index contributed by atoms with van der Waals surface area (Å²) in [7, 11) is 0. The van der Waals surface area contributed by atoms with E-state index in [1.165, 1.54) is 4.90 Å². The van der Waals surface area contributed by atoms with E-state index in [4.69, 9.17) is 9.47 Å². The highest BCUT2D eigenvalue weighted by Crippen LogP contribution is 2.25. The number of ether oxygens (including phenoxy) is 2. The first kappa shape index (κ1) is 19.1. The molecule has 23 heavy (non-hydrogen) atoms. The number of hydrogen-bond acceptors (Lipinski definition) is 4. The normalized spacial score (nSPS) is 22.5. The molecule has 1 N–H and O–H groups in total. The molecule has 0 aromatic rings. The lowest BCUT2D eigenvalue weighted by atomic mass is 10.2. The van der Waals surface area contributed by atoms with E-state index in [2.05, 4.69) is 0 Å². The summed E-state index contributed by atoms with van der Waals surface area (Å²) in [5.74, 6) is -0.277. The summed E-state index contributed by atoms with van der Waals surface area (Å²) in [5, 5.41) is 9.35. The molecule has 1 aliphatic heterocycles. The zero-order valence-corrected chi connectivity index (χ0v) is 14.5. The molecule has 0 unspecified atom stereocenters. The van der Waals surface area contributed by atoms with Crippen LogP contribution in [0.2, 0.25) is 0 Å². The number of aliphatic carboxylic acids is 1. The maximum Gasteiger partial charge on any atom is 0.411 e. The minimum absolute atomic E-state index is 0.207. The van der Waals surface area contributed by atoms with E-state index in [-0.39, 0.29) is 19.1 Å². The van der Waals surface area contributed by atoms with Crippen LogP contribution in [0.5, 0.6) is 0 Å². The Hall–Kier alpha value is -1.98. The fraction of sp³-hybridized carbons (Fsp3) is 0.647. The second-order valence-electron chi connectivity index (χ2n) is 6.47. The van der Waals surface area contributed by atoms with Crippen molar-refractivity contribution in [3.8, 4) is 0 Å². The van der Waals surface area contributed by atoms with Crippen LogP contribution in [-0.4, -0.2) is 46.4 Å². The van der Waals surface area contributed by atoms with E-state index >= 15 is 0 Å². The quantitative estimate of drug-likeness (QED) is 0.620. The second-order valence-corrected chi connectivity index (χ2v) is 6.47. The van der Waals surface area contributed by atoms with Gasteiger partial charge < -0.3 is 14.6 Å². The number of amides is 1. The van der Waals surface area contributed by atoms with E-state index in [9.17, 15) is 14.7 Å². The van der Waals surface area contributed by atoms with Gasteiger partial charge in [0.2, 0.25) is 0 Å². The third-order valence-electron chi connectivity index (χ3n) is 3.32. The average molecular weight is 325 g/mol. The van der Waals surface area contributed by atoms with Crippen molar-refractivity contribution < 1.29 is 24.2 Å². The number of carbonyl (C=O) groups excluding carboxylic acids is 1. The number of hydrogen-bond donors (Lipinski definition) is 1. The van der Waals surface area contributed by atoms with Gasteiger partial charge in [-0.2, -0.15) is 0 Å². The SMILES string of the molecule is C/C=C\C=C(/CC)O[C@H]1C[C@@H](C(=O)O)N(C(=O)OC(C)(C)C)C1. The Kier molecular flexibility index (Phi) is 6.66. The predicted octanol–water partition coefficient (Wildman–Crippen LogP) is 3.34. The lowest BCUT2D eigenvalue weighted by molar-refractivity contribution is -0.142. The summed E-state index contributed by atoms with van der Waals surface area (Å²) in [4.78, 5) is 24.9. The molecule has 1 aliphatic rings. The van der Waals surface area contributed by atoms with Crippen molar-refractivity contribution in [2.24, 2.45) is 0 Å². The molecule has 1 fully saturated rings. The summed E-state index contributed by atoms with van der Waals surface area (Å²) in [6.45, 7) is 9.33. The first-order valence-corrected chi connectivity index (χ1v) is 7.88. The minimum Gasteiger partial charge on any atom is -0.493 e. The van der Waals surface area contributed by atoms with Crippen molar-refractivity contribution >= 4 is 12.1 Å². The van der Waals surface area contributed by atoms with Gasteiger partial charge in [-0.25, -0.2) is 9.59 Å². The Morgan fingerprint density at radius 1 is 1.35 bits per heavy atom. The van der Waals surface area contributed by atoms with Crippen LogP contribution in [-0.2, 0) is 14.3 Å². The summed E-state index contributed by atoms with van der Waals surface area (Å²) >= 11 is 0. The number of carboxylic acids is 1. The van der Waals surface area contributed by atoms with Crippen LogP contribution < -0.4 is 0 Å². The molecule has 0 spiro atoms. The van der Waals surface area contributed by atoms with E-state index in [0.717, 1.165) is 5.76 Å². The van der Waals surface area contributed by atoms with Gasteiger partial charge in [0.05, 0.1) is 12.3 Å². The molecule has 0 saturated carbocycles. The number of carboxylic acid groups (broad SMARTS) is 1. The van der Waals surface area contributed by atoms with Gasteiger partial charge in [-0.1, -0.05) is 19.1 Å². The molecule has 1 heterocycles. The van der Waals surface area contributed by atoms with Gasteiger partial charge in [0.15, 0.2) is 0 Å². The lowest BCUT2D eigenvalue weighted by Crippen LogP contribution is -2.43. The molecule has 1 amide bonds. The first-order chi connectivity index (χ1) is 10.7. The van der Waals surface area contributed by atoms with Crippen molar-refractivity contribution in [3.63, 3.8) is 0 Å². The molecule has 0 bridgehead atoms. The van der Waals surface area contributed by atoms with Gasteiger partial charge in [-0.15, -0.1) is 0 Å². The summed E-state index contributed by atoms with van der Waals surface area (Å²) < 4.78 is 11.1. The molecule has 2 atom stereocenters. The molecule has 130 valence electrons. The monoisotopic (exact) mass is 325 g/mol. The molecule has 0 radical (unpaired) electrons. The zero-order valence-electron chi connectivity index (χ0n) is 14.5. The van der Waals surface area contributed by atoms with E-state index < -0.39 is 23.7 Å². The fourth-order valence-corrected chi connectivity index (χ4v) is 2.30. The highest BCUT2D eigenvalue weighted by atomic mass is 16.6. The van der Waals surface area contributed by atoms with E-state index in [1.54, 1.807) is 20.8 Å². The van der Waals surface area contributed by atoms with E-state index in [0.29, 0.717) is 6.42 Å². The Morgan fingerprint density at radius 3 is 2.48 bits per heavy atom. The highest BCUT2D eigenvalue weighted by molar-refractivity contribution is 5.81. The molecule has 1 saturated heterocycles. The minimum atomic E-state index is -1.04. The number of rotatable bonds is 5. The van der Waals surface area contributed by atoms with Crippen molar-refractivity contribution in [2.45, 2.75) is 65.2 Å². The van der Waals surface area contributed by atoms with Gasteiger partial charge in [-0.3, -0.25) is 4.90 Å². The highest BCUT2D eigenvalue weighted by Gasteiger charge is 2.42. The standard InChI is InChI=1S/C17H27NO5/c1-6-8-9-12(7-2)22-13-10-14(15(19)20)18(11-13)16(21)23-17(3,4)5/h6,8-9,13-14H,7,10-11H2,1-5H3,(H,19,20)/b8-6-,12-9+/t13-,14-/m0/s1. The maximum absolute atomic E-state index is 12.2. The Balaban J connectivity index is 2.81. The molecule has 6 nitrogen and oxygen atoms in total. The summed E-state index contributed by atoms with van der Waals surface area (Å²) in [5.41, 5.74) is -0.667. The molecule has 0 aromatic carbocycles. The number of allylic oxidation sites excluding steroid dienone is 4. The molecule has 6 heteroatoms. The van der Waals surface area contributed by atoms with Crippen molar-refractivity contribution in [1.29, 1.82) is 0 Å². The molecular formula is C17H27NO5. The summed E-state index contributed by atoms with van der Waals surface area (Å²) in [6, 6.07) is -0.922. The zero-order chi connectivity index (χ0) is 17.6. The smallest absolute Gasteiger partial charge is 0.411 e. The van der Waals surface area contributed by atoms with Crippen LogP contribution in [0.4, 0.5) is 4.79 Å². The van der Waals surface area contributed by atoms with Gasteiger partial charge in [0.1, 0.15) is 17.7 Å². The maximum atomic E-state index is 12.2. The Bertz CT molecular complexity index is 490. The van der Waals surface area contributed by atoms with Crippen LogP contribution in [0.1, 0.15) is 47.5 Å². The van der Waals surface area contributed by atoms with Crippen LogP contribution in [0, 0.1) is 0 Å². The molecule has 1 rings (SSSR count). The number of carbonyl (C=O) groups is 2. The van der Waals surface area contributed by atoms with Crippen LogP contribution in [0.3, 0.4) is 0 Å².